The molecule has 0 aliphatic carbocycles. The van der Waals surface area contributed by atoms with Gasteiger partial charge in [0.05, 0.1) is 32.7 Å². The summed E-state index contributed by atoms with van der Waals surface area (Å²) < 4.78 is 2.01. The van der Waals surface area contributed by atoms with E-state index in [1.807, 2.05) is 54.9 Å². The molecule has 1 fully saturated rings. The second-order valence-corrected chi connectivity index (χ2v) is 8.75. The molecule has 1 aliphatic heterocycles. The third-order valence-electron chi connectivity index (χ3n) is 6.07. The van der Waals surface area contributed by atoms with Crippen molar-refractivity contribution in [3.8, 4) is 11.4 Å². The van der Waals surface area contributed by atoms with Crippen molar-refractivity contribution < 1.29 is 4.79 Å². The van der Waals surface area contributed by atoms with Gasteiger partial charge in [-0.3, -0.25) is 14.7 Å². The van der Waals surface area contributed by atoms with Gasteiger partial charge in [-0.25, -0.2) is 0 Å². The standard InChI is InChI=1S/C24H27Cl2N5O.2ClH/c1-17-18(16-22(29(17)2)20-7-3-4-9-27-20)24(32)28-10-11-30-12-14-31(15-13-30)21-8-5-6-19(25)23(21)26;;/h3-9,16H,10-15H2,1-2H3,(H,28,32);2*1H. The summed E-state index contributed by atoms with van der Waals surface area (Å²) in [5, 5.41) is 4.26. The summed E-state index contributed by atoms with van der Waals surface area (Å²) >= 11 is 12.5. The van der Waals surface area contributed by atoms with E-state index in [-0.39, 0.29) is 30.7 Å². The Hall–Kier alpha value is -1.96. The SMILES string of the molecule is Cc1c(C(=O)NCCN2CCN(c3cccc(Cl)c3Cl)CC2)cc(-c2ccccn2)n1C.Cl.Cl. The molecule has 3 aromatic rings. The van der Waals surface area contributed by atoms with Gasteiger partial charge < -0.3 is 14.8 Å². The van der Waals surface area contributed by atoms with Gasteiger partial charge in [0.2, 0.25) is 0 Å². The molecule has 0 bridgehead atoms. The van der Waals surface area contributed by atoms with Crippen LogP contribution in [-0.4, -0.2) is 59.6 Å². The molecular weight excluding hydrogens is 516 g/mol. The zero-order valence-electron chi connectivity index (χ0n) is 19.1. The van der Waals surface area contributed by atoms with Crippen LogP contribution in [0.4, 0.5) is 5.69 Å². The van der Waals surface area contributed by atoms with Crippen molar-refractivity contribution in [1.29, 1.82) is 0 Å². The van der Waals surface area contributed by atoms with E-state index in [4.69, 9.17) is 23.2 Å². The van der Waals surface area contributed by atoms with Crippen LogP contribution < -0.4 is 10.2 Å². The molecule has 6 nitrogen and oxygen atoms in total. The summed E-state index contributed by atoms with van der Waals surface area (Å²) in [4.78, 5) is 21.8. The predicted molar refractivity (Wildman–Crippen MR) is 145 cm³/mol. The Bertz CT molecular complexity index is 1100. The summed E-state index contributed by atoms with van der Waals surface area (Å²) in [5.41, 5.74) is 4.39. The van der Waals surface area contributed by atoms with Gasteiger partial charge in [0.1, 0.15) is 0 Å². The van der Waals surface area contributed by atoms with Crippen molar-refractivity contribution in [2.45, 2.75) is 6.92 Å². The lowest BCUT2D eigenvalue weighted by atomic mass is 10.2. The van der Waals surface area contributed by atoms with E-state index >= 15 is 0 Å². The number of piperazine rings is 1. The Morgan fingerprint density at radius 1 is 1.06 bits per heavy atom. The Kier molecular flexibility index (Phi) is 10.5. The van der Waals surface area contributed by atoms with Crippen molar-refractivity contribution in [2.75, 3.05) is 44.2 Å². The summed E-state index contributed by atoms with van der Waals surface area (Å²) in [7, 11) is 1.96. The Balaban J connectivity index is 0.00000204. The number of amides is 1. The van der Waals surface area contributed by atoms with Gasteiger partial charge in [0, 0.05) is 58.2 Å². The van der Waals surface area contributed by atoms with Crippen LogP contribution in [0.3, 0.4) is 0 Å². The molecule has 1 N–H and O–H groups in total. The highest BCUT2D eigenvalue weighted by atomic mass is 35.5. The number of anilines is 1. The first-order valence-corrected chi connectivity index (χ1v) is 11.5. The quantitative estimate of drug-likeness (QED) is 0.469. The number of carbonyl (C=O) groups is 1. The van der Waals surface area contributed by atoms with Gasteiger partial charge in [-0.1, -0.05) is 35.3 Å². The zero-order valence-corrected chi connectivity index (χ0v) is 22.3. The van der Waals surface area contributed by atoms with E-state index in [2.05, 4.69) is 20.1 Å². The summed E-state index contributed by atoms with van der Waals surface area (Å²) in [6, 6.07) is 13.4. The van der Waals surface area contributed by atoms with Gasteiger partial charge in [-0.05, 0) is 37.3 Å². The van der Waals surface area contributed by atoms with Crippen LogP contribution in [0.2, 0.25) is 10.0 Å². The van der Waals surface area contributed by atoms with Crippen molar-refractivity contribution in [2.24, 2.45) is 7.05 Å². The number of rotatable bonds is 6. The van der Waals surface area contributed by atoms with Crippen molar-refractivity contribution in [3.63, 3.8) is 0 Å². The van der Waals surface area contributed by atoms with E-state index < -0.39 is 0 Å². The number of pyridine rings is 1. The molecule has 3 heterocycles. The average molecular weight is 545 g/mol. The van der Waals surface area contributed by atoms with Crippen LogP contribution in [0.25, 0.3) is 11.4 Å². The third kappa shape index (κ3) is 6.18. The number of halogens is 4. The lowest BCUT2D eigenvalue weighted by molar-refractivity contribution is 0.0947. The largest absolute Gasteiger partial charge is 0.368 e. The zero-order chi connectivity index (χ0) is 22.7. The predicted octanol–water partition coefficient (Wildman–Crippen LogP) is 5.10. The monoisotopic (exact) mass is 543 g/mol. The molecular formula is C24H29Cl4N5O. The van der Waals surface area contributed by atoms with Crippen LogP contribution in [0.15, 0.2) is 48.7 Å². The van der Waals surface area contributed by atoms with Crippen LogP contribution in [0.5, 0.6) is 0 Å². The van der Waals surface area contributed by atoms with Crippen molar-refractivity contribution in [1.82, 2.24) is 19.8 Å². The molecule has 184 valence electrons. The number of nitrogens with one attached hydrogen (secondary N) is 1. The van der Waals surface area contributed by atoms with Gasteiger partial charge in [-0.15, -0.1) is 24.8 Å². The van der Waals surface area contributed by atoms with E-state index in [0.29, 0.717) is 22.2 Å². The maximum atomic E-state index is 12.8. The summed E-state index contributed by atoms with van der Waals surface area (Å²) in [5.74, 6) is -0.0513. The van der Waals surface area contributed by atoms with Crippen molar-refractivity contribution >= 4 is 59.6 Å². The fourth-order valence-electron chi connectivity index (χ4n) is 4.06. The van der Waals surface area contributed by atoms with E-state index in [0.717, 1.165) is 55.5 Å². The summed E-state index contributed by atoms with van der Waals surface area (Å²) in [6.07, 6.45) is 1.76. The molecule has 1 saturated heterocycles. The highest BCUT2D eigenvalue weighted by Gasteiger charge is 2.21. The topological polar surface area (TPSA) is 53.4 Å². The maximum Gasteiger partial charge on any atom is 0.253 e. The smallest absolute Gasteiger partial charge is 0.253 e. The summed E-state index contributed by atoms with van der Waals surface area (Å²) in [6.45, 7) is 6.94. The molecule has 1 aliphatic rings. The van der Waals surface area contributed by atoms with Crippen LogP contribution in [0, 0.1) is 6.92 Å². The number of hydrogen-bond donors (Lipinski definition) is 1. The van der Waals surface area contributed by atoms with Gasteiger partial charge in [-0.2, -0.15) is 0 Å². The second kappa shape index (κ2) is 12.7. The minimum absolute atomic E-state index is 0. The maximum absolute atomic E-state index is 12.8. The molecule has 34 heavy (non-hydrogen) atoms. The Morgan fingerprint density at radius 3 is 2.47 bits per heavy atom. The van der Waals surface area contributed by atoms with Gasteiger partial charge in [0.25, 0.3) is 5.91 Å². The van der Waals surface area contributed by atoms with E-state index in [9.17, 15) is 4.79 Å². The highest BCUT2D eigenvalue weighted by Crippen LogP contribution is 2.32. The molecule has 1 amide bonds. The molecule has 2 aromatic heterocycles. The molecule has 0 unspecified atom stereocenters. The van der Waals surface area contributed by atoms with Gasteiger partial charge in [0.15, 0.2) is 0 Å². The van der Waals surface area contributed by atoms with Crippen LogP contribution in [-0.2, 0) is 7.05 Å². The van der Waals surface area contributed by atoms with E-state index in [1.165, 1.54) is 0 Å². The first-order valence-electron chi connectivity index (χ1n) is 10.7. The first-order chi connectivity index (χ1) is 15.5. The minimum atomic E-state index is -0.0513. The molecule has 0 spiro atoms. The normalized spacial score (nSPS) is 13.7. The molecule has 4 rings (SSSR count). The second-order valence-electron chi connectivity index (χ2n) is 7.96. The number of aromatic nitrogens is 2. The Morgan fingerprint density at radius 2 is 1.79 bits per heavy atom. The third-order valence-corrected chi connectivity index (χ3v) is 6.87. The van der Waals surface area contributed by atoms with Crippen LogP contribution in [0.1, 0.15) is 16.1 Å². The first kappa shape index (κ1) is 28.3. The molecule has 0 radical (unpaired) electrons. The number of carbonyl (C=O) groups excluding carboxylic acids is 1. The molecule has 10 heteroatoms. The van der Waals surface area contributed by atoms with E-state index in [1.54, 1.807) is 12.3 Å². The van der Waals surface area contributed by atoms with Crippen molar-refractivity contribution in [3.05, 3.63) is 70.0 Å². The van der Waals surface area contributed by atoms with Crippen LogP contribution >= 0.6 is 48.0 Å². The minimum Gasteiger partial charge on any atom is -0.368 e. The highest BCUT2D eigenvalue weighted by molar-refractivity contribution is 6.43. The number of nitrogens with zero attached hydrogens (tertiary/aromatic N) is 4. The fraction of sp³-hybridized carbons (Fsp3) is 0.333. The molecule has 0 atom stereocenters. The average Bonchev–Trinajstić information content (AvgIpc) is 3.11. The number of benzene rings is 1. The molecule has 0 saturated carbocycles. The lowest BCUT2D eigenvalue weighted by Crippen LogP contribution is -2.48. The fourth-order valence-corrected chi connectivity index (χ4v) is 4.48. The van der Waals surface area contributed by atoms with Gasteiger partial charge >= 0.3 is 0 Å². The molecule has 1 aromatic carbocycles. The number of hydrogen-bond acceptors (Lipinski definition) is 4. The Labute approximate surface area is 223 Å². The lowest BCUT2D eigenvalue weighted by Gasteiger charge is -2.36.